The maximum Gasteiger partial charge on any atom is 2.00 e. The van der Waals surface area contributed by atoms with Crippen LogP contribution in [0.4, 0.5) is 22.7 Å². The molecule has 0 saturated carbocycles. The molecule has 0 unspecified atom stereocenters. The van der Waals surface area contributed by atoms with E-state index in [1.165, 1.54) is 0 Å². The molecule has 0 atom stereocenters. The minimum Gasteiger partial charge on any atom is -0.645 e. The van der Waals surface area contributed by atoms with E-state index in [4.69, 9.17) is 0 Å². The Kier molecular flexibility index (Phi) is 14.8. The minimum atomic E-state index is -1.87. The third kappa shape index (κ3) is 9.69. The van der Waals surface area contributed by atoms with Crippen molar-refractivity contribution in [3.63, 3.8) is 0 Å². The van der Waals surface area contributed by atoms with Gasteiger partial charge in [0.15, 0.2) is 22.8 Å². The molecule has 0 saturated heterocycles. The Bertz CT molecular complexity index is 3990. The van der Waals surface area contributed by atoms with Crippen LogP contribution in [0.15, 0.2) is 97.1 Å². The van der Waals surface area contributed by atoms with Crippen LogP contribution in [0.5, 0.6) is 0 Å². The molecule has 85 heavy (non-hydrogen) atoms. The molecule has 36 nitrogen and oxygen atoms in total. The molecule has 3 aromatic heterocycles. The van der Waals surface area contributed by atoms with Crippen LogP contribution < -0.4 is 9.97 Å². The number of hydrogen-bond donors (Lipinski definition) is 4. The normalized spacial score (nSPS) is 11.8. The number of benzene rings is 4. The smallest absolute Gasteiger partial charge is 0.645 e. The quantitative estimate of drug-likeness (QED) is 0.0415. The maximum atomic E-state index is 13.6. The average molecular weight is 1200 g/mol. The third-order valence-corrected chi connectivity index (χ3v) is 12.6. The van der Waals surface area contributed by atoms with Gasteiger partial charge < -0.3 is 30.4 Å². The van der Waals surface area contributed by atoms with Crippen molar-refractivity contribution in [3.05, 3.63) is 223 Å². The van der Waals surface area contributed by atoms with E-state index in [9.17, 15) is 121 Å². The van der Waals surface area contributed by atoms with Gasteiger partial charge in [0.1, 0.15) is 0 Å². The molecule has 37 heteroatoms. The summed E-state index contributed by atoms with van der Waals surface area (Å²) in [6.07, 6.45) is 0. The van der Waals surface area contributed by atoms with Crippen molar-refractivity contribution in [2.75, 3.05) is 0 Å². The molecular weight excluding hydrogens is 1180 g/mol. The Labute approximate surface area is 473 Å². The second-order valence-corrected chi connectivity index (χ2v) is 17.1. The Morgan fingerprint density at radius 3 is 0.600 bits per heavy atom. The molecule has 2 aliphatic rings. The van der Waals surface area contributed by atoms with Gasteiger partial charge in [0.25, 0.3) is 0 Å². The van der Waals surface area contributed by atoms with Crippen molar-refractivity contribution in [1.29, 1.82) is 0 Å². The molecule has 9 rings (SSSR count). The van der Waals surface area contributed by atoms with Gasteiger partial charge in [-0.1, -0.05) is 48.5 Å². The van der Waals surface area contributed by atoms with Gasteiger partial charge in [0.05, 0.1) is 61.6 Å². The predicted molar refractivity (Wildman–Crippen MR) is 277 cm³/mol. The number of aromatic nitrogens is 4. The zero-order valence-electron chi connectivity index (χ0n) is 40.9. The SMILES string of the molecule is O=C(O)c1ccc(-c2c3nc(c(-c4ccc(C(=O)O)cc4)c4[n-]c(c(-c5ccc(C(=O)O)cc5)c5nc(c(-c6ccc(C(=O)O)cc6)c6[n-]c2c([N+](=O)[O-])c6[N+](=O)[O-])C([N+](=O)[O-])=C5[N+](=O)[O-])c([N+](=O)[O-])c4[N+](=O)[O-])C([N+](=O)[O-])=C3[N+](=O)[O-])cc1.[Mn+2]. The summed E-state index contributed by atoms with van der Waals surface area (Å²) in [6, 6.07) is 11.7. The summed E-state index contributed by atoms with van der Waals surface area (Å²) >= 11 is 0. The summed E-state index contributed by atoms with van der Waals surface area (Å²) in [6.45, 7) is 0. The second kappa shape index (κ2) is 21.6. The number of aromatic carboxylic acids is 4. The molecule has 7 aromatic rings. The van der Waals surface area contributed by atoms with Crippen molar-refractivity contribution in [3.8, 4) is 44.5 Å². The van der Waals surface area contributed by atoms with Crippen molar-refractivity contribution >= 4 is 91.5 Å². The number of nitrogens with zero attached hydrogens (tertiary/aromatic N) is 12. The number of rotatable bonds is 16. The van der Waals surface area contributed by atoms with Crippen LogP contribution in [0.3, 0.4) is 0 Å². The van der Waals surface area contributed by atoms with Gasteiger partial charge in [0, 0.05) is 22.3 Å². The van der Waals surface area contributed by atoms with Crippen LogP contribution in [-0.2, 0) is 17.1 Å². The minimum absolute atomic E-state index is 0. The van der Waals surface area contributed by atoms with Crippen molar-refractivity contribution in [1.82, 2.24) is 19.9 Å². The van der Waals surface area contributed by atoms with E-state index >= 15 is 0 Å². The monoisotopic (exact) mass is 1200 g/mol. The van der Waals surface area contributed by atoms with Crippen LogP contribution in [0, 0.1) is 80.9 Å². The van der Waals surface area contributed by atoms with E-state index in [-0.39, 0.29) is 17.1 Å². The summed E-state index contributed by atoms with van der Waals surface area (Å²) in [5, 5.41) is 148. The fraction of sp³-hybridized carbons (Fsp3) is 0. The zero-order chi connectivity index (χ0) is 61.2. The summed E-state index contributed by atoms with van der Waals surface area (Å²) in [7, 11) is 0. The van der Waals surface area contributed by atoms with Gasteiger partial charge in [-0.2, -0.15) is 0 Å². The molecule has 5 heterocycles. The standard InChI is InChI=1S/C48H22N12O24.Mn/c61-45(62)21-9-1-17(2-10-21)25-29-37(53(69)70)39(55(73)74)31(49-29)26(18-3-11-22(12-4-18)46(63)64)33-41(57(77)78)43(59(81)82)35(51-33)28(20-7-15-24(16-8-20)48(67)68)36-44(60(83)84)42(58(79)80)34(52-36)27(19-5-13-23(14-6-19)47(65)66)32-40(56(75)76)38(54(71)72)30(25)50-32;/h1-16H,(H6,49,50,51,52,61,62,63,64,65,66,67,68);/q;+2/p-2. The molecule has 4 N–H and O–H groups in total. The summed E-state index contributed by atoms with van der Waals surface area (Å²) in [5.74, 6) is -6.65. The maximum absolute atomic E-state index is 13.6. The summed E-state index contributed by atoms with van der Waals surface area (Å²) in [5.41, 5.74) is -37.4. The fourth-order valence-corrected chi connectivity index (χ4v) is 9.21. The third-order valence-electron chi connectivity index (χ3n) is 12.6. The number of carbonyl (C=O) groups is 4. The van der Waals surface area contributed by atoms with Crippen LogP contribution in [0.25, 0.3) is 89.4 Å². The van der Waals surface area contributed by atoms with Gasteiger partial charge in [0.2, 0.25) is 0 Å². The molecule has 8 bridgehead atoms. The number of carboxylic acids is 4. The largest absolute Gasteiger partial charge is 2.00 e. The van der Waals surface area contributed by atoms with E-state index in [0.717, 1.165) is 97.1 Å². The van der Waals surface area contributed by atoms with Crippen molar-refractivity contribution in [2.24, 2.45) is 0 Å². The predicted octanol–water partition coefficient (Wildman–Crippen LogP) is 7.42. The van der Waals surface area contributed by atoms with Crippen LogP contribution >= 0.6 is 0 Å². The Hall–Kier alpha value is -12.9. The molecule has 0 spiro atoms. The van der Waals surface area contributed by atoms with Crippen LogP contribution in [0.2, 0.25) is 0 Å². The van der Waals surface area contributed by atoms with Crippen LogP contribution in [-0.4, -0.2) is 93.7 Å². The fourth-order valence-electron chi connectivity index (χ4n) is 9.21. The van der Waals surface area contributed by atoms with E-state index in [1.807, 2.05) is 0 Å². The first-order valence-corrected chi connectivity index (χ1v) is 22.5. The van der Waals surface area contributed by atoms with E-state index in [0.29, 0.717) is 0 Å². The molecule has 1 radical (unpaired) electrons. The van der Waals surface area contributed by atoms with E-state index in [2.05, 4.69) is 19.9 Å². The first kappa shape index (κ1) is 58.2. The van der Waals surface area contributed by atoms with Gasteiger partial charge in [-0.25, -0.2) is 29.1 Å². The van der Waals surface area contributed by atoms with Gasteiger partial charge in [-0.3, -0.25) is 80.9 Å². The topological polar surface area (TPSA) is 548 Å². The molecular formula is C48H20MnN12O24. The molecule has 4 aromatic carbocycles. The van der Waals surface area contributed by atoms with Crippen LogP contribution in [0.1, 0.15) is 64.2 Å². The summed E-state index contributed by atoms with van der Waals surface area (Å²) < 4.78 is 0. The molecule has 423 valence electrons. The Balaban J connectivity index is 0.00000940. The first-order valence-electron chi connectivity index (χ1n) is 22.5. The van der Waals surface area contributed by atoms with Crippen molar-refractivity contribution < 1.29 is 96.1 Å². The molecule has 0 fully saturated rings. The average Bonchev–Trinajstić information content (AvgIpc) is 1.73. The summed E-state index contributed by atoms with van der Waals surface area (Å²) in [4.78, 5) is 162. The Morgan fingerprint density at radius 2 is 0.471 bits per heavy atom. The number of nitro groups is 8. The second-order valence-electron chi connectivity index (χ2n) is 17.1. The van der Waals surface area contributed by atoms with E-state index in [1.54, 1.807) is 0 Å². The Morgan fingerprint density at radius 1 is 0.306 bits per heavy atom. The number of fused-ring (bicyclic) bond motifs is 8. The van der Waals surface area contributed by atoms with Gasteiger partial charge in [-0.05, 0) is 92.9 Å². The van der Waals surface area contributed by atoms with Gasteiger partial charge >= 0.3 is 86.5 Å². The van der Waals surface area contributed by atoms with Crippen molar-refractivity contribution in [2.45, 2.75) is 0 Å². The molecule has 0 amide bonds. The number of carboxylic acid groups (broad SMARTS) is 4. The van der Waals surface area contributed by atoms with Gasteiger partial charge in [-0.15, -0.1) is 0 Å². The number of hydrogen-bond acceptors (Lipinski definition) is 22. The molecule has 0 aliphatic carbocycles. The first-order chi connectivity index (χ1) is 39.7. The van der Waals surface area contributed by atoms with E-state index < -0.39 is 220 Å². The molecule has 2 aliphatic heterocycles. The zero-order valence-corrected chi connectivity index (χ0v) is 42.1.